The minimum absolute atomic E-state index is 0.325. The van der Waals surface area contributed by atoms with Crippen LogP contribution in [0.4, 0.5) is 0 Å². The van der Waals surface area contributed by atoms with Crippen LogP contribution in [-0.2, 0) is 17.8 Å². The highest BCUT2D eigenvalue weighted by atomic mass is 35.5. The number of benzene rings is 3. The predicted octanol–water partition coefficient (Wildman–Crippen LogP) is 6.51. The number of fused-ring (bicyclic) bond motifs is 1. The van der Waals surface area contributed by atoms with Crippen LogP contribution in [0.3, 0.4) is 0 Å². The molecular formula is C27H22ClNO3. The molecule has 160 valence electrons. The summed E-state index contributed by atoms with van der Waals surface area (Å²) in [4.78, 5) is 16.5. The molecule has 0 atom stereocenters. The third kappa shape index (κ3) is 5.34. The normalized spacial score (nSPS) is 11.1. The van der Waals surface area contributed by atoms with Crippen LogP contribution in [0, 0.1) is 0 Å². The largest absolute Gasteiger partial charge is 0.487 e. The van der Waals surface area contributed by atoms with Gasteiger partial charge in [-0.15, -0.1) is 0 Å². The number of esters is 1. The number of methoxy groups -OCH3 is 1. The molecule has 0 N–H and O–H groups in total. The second-order valence-corrected chi connectivity index (χ2v) is 7.69. The number of carbonyl (C=O) groups is 1. The molecule has 4 nitrogen and oxygen atoms in total. The van der Waals surface area contributed by atoms with E-state index in [9.17, 15) is 4.79 Å². The fraction of sp³-hybridized carbons (Fsp3) is 0.111. The molecule has 0 saturated carbocycles. The second kappa shape index (κ2) is 10.1. The Hall–Kier alpha value is -3.63. The molecule has 5 heteroatoms. The maximum Gasteiger partial charge on any atom is 0.338 e. The fourth-order valence-corrected chi connectivity index (χ4v) is 3.57. The van der Waals surface area contributed by atoms with Gasteiger partial charge in [0.1, 0.15) is 12.4 Å². The third-order valence-corrected chi connectivity index (χ3v) is 5.26. The van der Waals surface area contributed by atoms with Gasteiger partial charge in [-0.2, -0.15) is 0 Å². The van der Waals surface area contributed by atoms with Gasteiger partial charge in [0.15, 0.2) is 0 Å². The van der Waals surface area contributed by atoms with Gasteiger partial charge in [0.2, 0.25) is 0 Å². The first-order chi connectivity index (χ1) is 15.6. The van der Waals surface area contributed by atoms with Crippen molar-refractivity contribution in [1.82, 2.24) is 4.98 Å². The molecule has 0 aliphatic rings. The van der Waals surface area contributed by atoms with Gasteiger partial charge in [-0.25, -0.2) is 9.78 Å². The van der Waals surface area contributed by atoms with E-state index in [2.05, 4.69) is 4.98 Å². The molecule has 0 bridgehead atoms. The van der Waals surface area contributed by atoms with E-state index in [1.54, 1.807) is 6.07 Å². The van der Waals surface area contributed by atoms with Crippen LogP contribution >= 0.6 is 11.6 Å². The van der Waals surface area contributed by atoms with Crippen LogP contribution < -0.4 is 4.74 Å². The minimum atomic E-state index is -0.325. The first-order valence-electron chi connectivity index (χ1n) is 10.2. The van der Waals surface area contributed by atoms with Gasteiger partial charge >= 0.3 is 5.97 Å². The lowest BCUT2D eigenvalue weighted by molar-refractivity contribution is 0.0599. The number of hydrogen-bond donors (Lipinski definition) is 0. The number of allylic oxidation sites excluding steroid dienone is 1. The van der Waals surface area contributed by atoms with Gasteiger partial charge in [0, 0.05) is 10.4 Å². The van der Waals surface area contributed by atoms with Gasteiger partial charge in [-0.3, -0.25) is 0 Å². The molecule has 0 aliphatic carbocycles. The highest BCUT2D eigenvalue weighted by molar-refractivity contribution is 6.31. The van der Waals surface area contributed by atoms with Crippen molar-refractivity contribution in [3.8, 4) is 5.75 Å². The predicted molar refractivity (Wildman–Crippen MR) is 128 cm³/mol. The fourth-order valence-electron chi connectivity index (χ4n) is 3.41. The summed E-state index contributed by atoms with van der Waals surface area (Å²) in [6.45, 7) is 0.363. The van der Waals surface area contributed by atoms with Crippen LogP contribution in [0.25, 0.3) is 17.0 Å². The lowest BCUT2D eigenvalue weighted by Gasteiger charge is -2.08. The summed E-state index contributed by atoms with van der Waals surface area (Å²) in [5.74, 6) is 0.434. The van der Waals surface area contributed by atoms with E-state index in [1.165, 1.54) is 7.11 Å². The number of halogens is 1. The molecule has 3 aromatic carbocycles. The molecule has 0 spiro atoms. The van der Waals surface area contributed by atoms with Crippen LogP contribution in [0.5, 0.6) is 5.75 Å². The first-order valence-corrected chi connectivity index (χ1v) is 10.6. The lowest BCUT2D eigenvalue weighted by atomic mass is 10.0. The average Bonchev–Trinajstić information content (AvgIpc) is 2.82. The van der Waals surface area contributed by atoms with Crippen molar-refractivity contribution in [3.63, 3.8) is 0 Å². The number of aromatic nitrogens is 1. The molecule has 32 heavy (non-hydrogen) atoms. The van der Waals surface area contributed by atoms with Gasteiger partial charge in [-0.05, 0) is 53.9 Å². The summed E-state index contributed by atoms with van der Waals surface area (Å²) >= 11 is 6.07. The summed E-state index contributed by atoms with van der Waals surface area (Å²) < 4.78 is 10.8. The van der Waals surface area contributed by atoms with Gasteiger partial charge in [0.05, 0.1) is 23.9 Å². The van der Waals surface area contributed by atoms with Crippen LogP contribution in [0.2, 0.25) is 5.02 Å². The van der Waals surface area contributed by atoms with E-state index in [0.717, 1.165) is 33.5 Å². The van der Waals surface area contributed by atoms with Crippen molar-refractivity contribution < 1.29 is 14.3 Å². The molecule has 0 saturated heterocycles. The molecule has 1 aromatic heterocycles. The first kappa shape index (κ1) is 21.6. The topological polar surface area (TPSA) is 48.4 Å². The highest BCUT2D eigenvalue weighted by Crippen LogP contribution is 2.20. The van der Waals surface area contributed by atoms with Gasteiger partial charge in [-0.1, -0.05) is 66.2 Å². The SMILES string of the molecule is COC(=O)c1ccccc1CC=Cc1cccc(OCc2ccc3ccc(Cl)cc3n2)c1. The minimum Gasteiger partial charge on any atom is -0.487 e. The highest BCUT2D eigenvalue weighted by Gasteiger charge is 2.09. The molecule has 1 heterocycles. The van der Waals surface area contributed by atoms with Crippen LogP contribution in [0.1, 0.15) is 27.2 Å². The van der Waals surface area contributed by atoms with Crippen LogP contribution in [-0.4, -0.2) is 18.1 Å². The molecule has 0 amide bonds. The molecule has 0 unspecified atom stereocenters. The smallest absolute Gasteiger partial charge is 0.338 e. The van der Waals surface area contributed by atoms with Crippen molar-refractivity contribution in [1.29, 1.82) is 0 Å². The van der Waals surface area contributed by atoms with Crippen LogP contribution in [0.15, 0.2) is 84.9 Å². The Morgan fingerprint density at radius 2 is 1.84 bits per heavy atom. The summed E-state index contributed by atoms with van der Waals surface area (Å²) in [6.07, 6.45) is 4.66. The quantitative estimate of drug-likeness (QED) is 0.305. The zero-order chi connectivity index (χ0) is 22.3. The number of rotatable bonds is 7. The van der Waals surface area contributed by atoms with Crippen molar-refractivity contribution >= 4 is 34.5 Å². The Kier molecular flexibility index (Phi) is 6.83. The van der Waals surface area contributed by atoms with E-state index in [1.807, 2.05) is 84.9 Å². The number of carbonyl (C=O) groups excluding carboxylic acids is 1. The maximum atomic E-state index is 11.9. The zero-order valence-electron chi connectivity index (χ0n) is 17.6. The Morgan fingerprint density at radius 3 is 2.72 bits per heavy atom. The molecule has 4 rings (SSSR count). The zero-order valence-corrected chi connectivity index (χ0v) is 18.4. The molecule has 0 fully saturated rings. The van der Waals surface area contributed by atoms with E-state index < -0.39 is 0 Å². The van der Waals surface area contributed by atoms with Gasteiger partial charge in [0.25, 0.3) is 0 Å². The summed E-state index contributed by atoms with van der Waals surface area (Å²) in [5, 5.41) is 1.70. The second-order valence-electron chi connectivity index (χ2n) is 7.26. The Morgan fingerprint density at radius 1 is 1.00 bits per heavy atom. The number of ether oxygens (including phenoxy) is 2. The summed E-state index contributed by atoms with van der Waals surface area (Å²) in [5.41, 5.74) is 4.20. The molecular weight excluding hydrogens is 422 g/mol. The Bertz CT molecular complexity index is 1280. The van der Waals surface area contributed by atoms with Crippen molar-refractivity contribution in [2.45, 2.75) is 13.0 Å². The van der Waals surface area contributed by atoms with E-state index in [4.69, 9.17) is 21.1 Å². The number of hydrogen-bond acceptors (Lipinski definition) is 4. The number of pyridine rings is 1. The molecule has 0 aliphatic heterocycles. The monoisotopic (exact) mass is 443 g/mol. The lowest BCUT2D eigenvalue weighted by Crippen LogP contribution is -2.04. The average molecular weight is 444 g/mol. The van der Waals surface area contributed by atoms with Crippen molar-refractivity contribution in [2.75, 3.05) is 7.11 Å². The Labute approximate surface area is 192 Å². The maximum absolute atomic E-state index is 11.9. The standard InChI is InChI=1S/C27H22ClNO3/c1-31-27(30)25-11-3-2-8-20(25)9-4-6-19-7-5-10-24(16-19)32-18-23-15-13-21-12-14-22(28)17-26(21)29-23/h2-8,10-17H,9,18H2,1H3. The van der Waals surface area contributed by atoms with Crippen molar-refractivity contribution in [2.24, 2.45) is 0 Å². The third-order valence-electron chi connectivity index (χ3n) is 5.03. The van der Waals surface area contributed by atoms with E-state index in [0.29, 0.717) is 23.6 Å². The van der Waals surface area contributed by atoms with Crippen molar-refractivity contribution in [3.05, 3.63) is 112 Å². The molecule has 0 radical (unpaired) electrons. The summed E-state index contributed by atoms with van der Waals surface area (Å²) in [7, 11) is 1.39. The Balaban J connectivity index is 1.41. The summed E-state index contributed by atoms with van der Waals surface area (Å²) in [6, 6.07) is 24.9. The number of nitrogens with zero attached hydrogens (tertiary/aromatic N) is 1. The van der Waals surface area contributed by atoms with E-state index >= 15 is 0 Å². The van der Waals surface area contributed by atoms with Gasteiger partial charge < -0.3 is 9.47 Å². The molecule has 4 aromatic rings. The van der Waals surface area contributed by atoms with E-state index in [-0.39, 0.29) is 5.97 Å².